The molecule has 1 saturated heterocycles. The first-order valence-corrected chi connectivity index (χ1v) is 8.11. The Kier molecular flexibility index (Phi) is 3.32. The molecular formula is C13H18N2O3S. The van der Waals surface area contributed by atoms with E-state index in [9.17, 15) is 8.42 Å². The smallest absolute Gasteiger partial charge is 0.242 e. The molecule has 1 N–H and O–H groups in total. The van der Waals surface area contributed by atoms with Crippen LogP contribution in [0.5, 0.6) is 0 Å². The summed E-state index contributed by atoms with van der Waals surface area (Å²) in [6.45, 7) is 1.48. The van der Waals surface area contributed by atoms with Gasteiger partial charge in [-0.15, -0.1) is 0 Å². The lowest BCUT2D eigenvalue weighted by molar-refractivity contribution is -0.0483. The Hall–Kier alpha value is -0.980. The van der Waals surface area contributed by atoms with Gasteiger partial charge in [0, 0.05) is 31.6 Å². The van der Waals surface area contributed by atoms with Crippen LogP contribution in [0.3, 0.4) is 0 Å². The van der Waals surface area contributed by atoms with Crippen molar-refractivity contribution in [2.75, 3.05) is 13.2 Å². The van der Waals surface area contributed by atoms with Crippen LogP contribution >= 0.6 is 0 Å². The molecule has 19 heavy (non-hydrogen) atoms. The minimum absolute atomic E-state index is 0.0432. The van der Waals surface area contributed by atoms with Crippen molar-refractivity contribution in [1.82, 2.24) is 9.71 Å². The van der Waals surface area contributed by atoms with Gasteiger partial charge in [-0.25, -0.2) is 13.1 Å². The van der Waals surface area contributed by atoms with Gasteiger partial charge in [0.1, 0.15) is 4.90 Å². The normalized spacial score (nSPS) is 26.0. The Morgan fingerprint density at radius 2 is 2.11 bits per heavy atom. The Morgan fingerprint density at radius 3 is 2.68 bits per heavy atom. The number of sulfonamides is 1. The highest BCUT2D eigenvalue weighted by atomic mass is 32.2. The summed E-state index contributed by atoms with van der Waals surface area (Å²) >= 11 is 0. The van der Waals surface area contributed by atoms with E-state index in [0.717, 1.165) is 38.9 Å². The van der Waals surface area contributed by atoms with Crippen LogP contribution in [0.25, 0.3) is 0 Å². The third-order valence-electron chi connectivity index (χ3n) is 4.40. The summed E-state index contributed by atoms with van der Waals surface area (Å²) in [5.41, 5.74) is 0.119. The number of nitrogens with one attached hydrogen (secondary N) is 1. The maximum atomic E-state index is 12.3. The first-order valence-electron chi connectivity index (χ1n) is 6.63. The largest absolute Gasteiger partial charge is 0.381 e. The van der Waals surface area contributed by atoms with Gasteiger partial charge in [-0.1, -0.05) is 0 Å². The molecule has 104 valence electrons. The van der Waals surface area contributed by atoms with E-state index in [0.29, 0.717) is 0 Å². The van der Waals surface area contributed by atoms with Crippen molar-refractivity contribution in [1.29, 1.82) is 0 Å². The highest BCUT2D eigenvalue weighted by Crippen LogP contribution is 2.49. The lowest BCUT2D eigenvalue weighted by Gasteiger charge is -2.51. The fraction of sp³-hybridized carbons (Fsp3) is 0.615. The van der Waals surface area contributed by atoms with E-state index in [1.165, 1.54) is 6.20 Å². The van der Waals surface area contributed by atoms with Crippen LogP contribution in [0.1, 0.15) is 25.7 Å². The van der Waals surface area contributed by atoms with Gasteiger partial charge in [-0.05, 0) is 43.2 Å². The second kappa shape index (κ2) is 4.85. The van der Waals surface area contributed by atoms with E-state index in [2.05, 4.69) is 9.71 Å². The molecule has 1 unspecified atom stereocenters. The van der Waals surface area contributed by atoms with Crippen LogP contribution in [0, 0.1) is 5.41 Å². The molecule has 5 nitrogen and oxygen atoms in total. The fourth-order valence-electron chi connectivity index (χ4n) is 3.02. The van der Waals surface area contributed by atoms with Gasteiger partial charge in [-0.2, -0.15) is 0 Å². The number of aromatic nitrogens is 1. The van der Waals surface area contributed by atoms with E-state index in [4.69, 9.17) is 4.74 Å². The predicted octanol–water partition coefficient (Wildman–Crippen LogP) is 1.32. The van der Waals surface area contributed by atoms with Gasteiger partial charge in [0.2, 0.25) is 10.0 Å². The lowest BCUT2D eigenvalue weighted by atomic mass is 9.60. The number of hydrogen-bond acceptors (Lipinski definition) is 4. The molecule has 1 saturated carbocycles. The van der Waals surface area contributed by atoms with Crippen molar-refractivity contribution < 1.29 is 13.2 Å². The molecule has 1 aliphatic heterocycles. The van der Waals surface area contributed by atoms with Crippen LogP contribution in [-0.4, -0.2) is 32.7 Å². The number of pyridine rings is 1. The number of hydrogen-bond donors (Lipinski definition) is 1. The Balaban J connectivity index is 1.75. The average Bonchev–Trinajstić information content (AvgIpc) is 2.46. The van der Waals surface area contributed by atoms with Crippen molar-refractivity contribution in [3.05, 3.63) is 24.5 Å². The van der Waals surface area contributed by atoms with Crippen LogP contribution in [-0.2, 0) is 14.8 Å². The van der Waals surface area contributed by atoms with Gasteiger partial charge in [-0.3, -0.25) is 4.98 Å². The van der Waals surface area contributed by atoms with Crippen LogP contribution in [0.15, 0.2) is 29.4 Å². The molecule has 0 bridgehead atoms. The zero-order valence-corrected chi connectivity index (χ0v) is 11.5. The molecule has 6 heteroatoms. The lowest BCUT2D eigenvalue weighted by Crippen LogP contribution is -2.57. The molecule has 2 heterocycles. The molecule has 2 fully saturated rings. The summed E-state index contributed by atoms with van der Waals surface area (Å²) < 4.78 is 32.8. The van der Waals surface area contributed by atoms with E-state index < -0.39 is 10.0 Å². The summed E-state index contributed by atoms with van der Waals surface area (Å²) in [6, 6.07) is 3.26. The topological polar surface area (TPSA) is 68.3 Å². The van der Waals surface area contributed by atoms with Crippen molar-refractivity contribution in [3.8, 4) is 0 Å². The van der Waals surface area contributed by atoms with Crippen molar-refractivity contribution in [3.63, 3.8) is 0 Å². The van der Waals surface area contributed by atoms with Gasteiger partial charge in [0.25, 0.3) is 0 Å². The van der Waals surface area contributed by atoms with E-state index in [-0.39, 0.29) is 16.4 Å². The van der Waals surface area contributed by atoms with Crippen LogP contribution < -0.4 is 4.72 Å². The van der Waals surface area contributed by atoms with Crippen LogP contribution in [0.2, 0.25) is 0 Å². The molecule has 1 spiro atoms. The highest BCUT2D eigenvalue weighted by Gasteiger charge is 2.48. The quantitative estimate of drug-likeness (QED) is 0.908. The standard InChI is InChI=1S/C13H18N2O3S/c16-19(17,11-2-1-7-14-10-11)15-12-3-4-13(12)5-8-18-9-6-13/h1-2,7,10,12,15H,3-6,8-9H2. The molecule has 0 amide bonds. The summed E-state index contributed by atoms with van der Waals surface area (Å²) in [4.78, 5) is 4.11. The van der Waals surface area contributed by atoms with Crippen molar-refractivity contribution in [2.24, 2.45) is 5.41 Å². The molecule has 0 aromatic carbocycles. The fourth-order valence-corrected chi connectivity index (χ4v) is 4.35. The second-order valence-electron chi connectivity index (χ2n) is 5.38. The zero-order valence-electron chi connectivity index (χ0n) is 10.7. The second-order valence-corrected chi connectivity index (χ2v) is 7.09. The van der Waals surface area contributed by atoms with Crippen LogP contribution in [0.4, 0.5) is 0 Å². The summed E-state index contributed by atoms with van der Waals surface area (Å²) in [6.07, 6.45) is 6.87. The minimum Gasteiger partial charge on any atom is -0.381 e. The maximum Gasteiger partial charge on any atom is 0.242 e. The number of rotatable bonds is 3. The molecule has 2 aliphatic rings. The first-order chi connectivity index (χ1) is 9.12. The summed E-state index contributed by atoms with van der Waals surface area (Å²) in [5, 5.41) is 0. The SMILES string of the molecule is O=S(=O)(NC1CCC12CCOCC2)c1cccnc1. The van der Waals surface area contributed by atoms with Gasteiger partial charge < -0.3 is 4.74 Å². The average molecular weight is 282 g/mol. The predicted molar refractivity (Wildman–Crippen MR) is 70.1 cm³/mol. The monoisotopic (exact) mass is 282 g/mol. The van der Waals surface area contributed by atoms with Gasteiger partial charge >= 0.3 is 0 Å². The molecule has 3 rings (SSSR count). The molecule has 1 atom stereocenters. The van der Waals surface area contributed by atoms with E-state index in [1.54, 1.807) is 18.3 Å². The minimum atomic E-state index is -3.45. The molecule has 1 aromatic rings. The zero-order chi connectivity index (χ0) is 13.3. The van der Waals surface area contributed by atoms with Crippen molar-refractivity contribution in [2.45, 2.75) is 36.6 Å². The Bertz CT molecular complexity index is 538. The third-order valence-corrected chi connectivity index (χ3v) is 5.86. The number of nitrogens with zero attached hydrogens (tertiary/aromatic N) is 1. The van der Waals surface area contributed by atoms with Crippen molar-refractivity contribution >= 4 is 10.0 Å². The first kappa shape index (κ1) is 13.0. The summed E-state index contributed by atoms with van der Waals surface area (Å²) in [5.74, 6) is 0. The highest BCUT2D eigenvalue weighted by molar-refractivity contribution is 7.89. The van der Waals surface area contributed by atoms with Gasteiger partial charge in [0.05, 0.1) is 0 Å². The summed E-state index contributed by atoms with van der Waals surface area (Å²) in [7, 11) is -3.45. The Morgan fingerprint density at radius 1 is 1.32 bits per heavy atom. The molecular weight excluding hydrogens is 264 g/mol. The molecule has 1 aliphatic carbocycles. The number of ether oxygens (including phenoxy) is 1. The molecule has 0 radical (unpaired) electrons. The van der Waals surface area contributed by atoms with Gasteiger partial charge in [0.15, 0.2) is 0 Å². The maximum absolute atomic E-state index is 12.3. The van der Waals surface area contributed by atoms with E-state index in [1.807, 2.05) is 0 Å². The Labute approximate surface area is 113 Å². The third kappa shape index (κ3) is 2.40. The van der Waals surface area contributed by atoms with E-state index >= 15 is 0 Å². The molecule has 1 aromatic heterocycles.